The van der Waals surface area contributed by atoms with Gasteiger partial charge in [-0.15, -0.1) is 0 Å². The highest BCUT2D eigenvalue weighted by Gasteiger charge is 2.20. The summed E-state index contributed by atoms with van der Waals surface area (Å²) in [6.07, 6.45) is 0. The summed E-state index contributed by atoms with van der Waals surface area (Å²) in [6, 6.07) is 8.37. The number of anilines is 1. The van der Waals surface area contributed by atoms with Crippen molar-refractivity contribution in [3.8, 4) is 0 Å². The number of benzene rings is 1. The Labute approximate surface area is 126 Å². The molecule has 1 aromatic rings. The second-order valence-corrected chi connectivity index (χ2v) is 5.83. The van der Waals surface area contributed by atoms with Gasteiger partial charge in [0.05, 0.1) is 5.92 Å². The van der Waals surface area contributed by atoms with Gasteiger partial charge >= 0.3 is 5.97 Å². The third-order valence-corrected chi connectivity index (χ3v) is 4.24. The maximum Gasteiger partial charge on any atom is 0.312 e. The Balaban J connectivity index is 2.01. The van der Waals surface area contributed by atoms with Crippen molar-refractivity contribution in [2.45, 2.75) is 25.8 Å². The van der Waals surface area contributed by atoms with Gasteiger partial charge in [-0.25, -0.2) is 0 Å². The van der Waals surface area contributed by atoms with Gasteiger partial charge in [0, 0.05) is 44.5 Å². The van der Waals surface area contributed by atoms with Gasteiger partial charge in [-0.05, 0) is 31.5 Å². The second kappa shape index (κ2) is 6.91. The molecule has 0 aliphatic carbocycles. The Hall–Kier alpha value is -1.59. The van der Waals surface area contributed by atoms with Crippen molar-refractivity contribution >= 4 is 11.7 Å². The molecule has 0 spiro atoms. The molecule has 1 aromatic carbocycles. The minimum absolute atomic E-state index is 0.127. The quantitative estimate of drug-likeness (QED) is 0.857. The van der Waals surface area contributed by atoms with E-state index in [1.807, 2.05) is 24.3 Å². The maximum atomic E-state index is 11.1. The fourth-order valence-electron chi connectivity index (χ4n) is 2.79. The molecule has 5 heteroatoms. The molecule has 21 heavy (non-hydrogen) atoms. The van der Waals surface area contributed by atoms with E-state index in [9.17, 15) is 4.79 Å². The molecule has 0 aromatic heterocycles. The molecule has 1 heterocycles. The monoisotopic (exact) mass is 291 g/mol. The summed E-state index contributed by atoms with van der Waals surface area (Å²) >= 11 is 0. The van der Waals surface area contributed by atoms with Gasteiger partial charge in [-0.2, -0.15) is 0 Å². The van der Waals surface area contributed by atoms with Crippen LogP contribution in [-0.2, 0) is 4.79 Å². The van der Waals surface area contributed by atoms with Crippen LogP contribution in [-0.4, -0.2) is 54.7 Å². The van der Waals surface area contributed by atoms with E-state index in [-0.39, 0.29) is 6.54 Å². The Kier molecular flexibility index (Phi) is 5.20. The van der Waals surface area contributed by atoms with Crippen LogP contribution < -0.4 is 10.6 Å². The predicted molar refractivity (Wildman–Crippen MR) is 84.8 cm³/mol. The standard InChI is InChI=1S/C16H25N3O2/c1-12(2)18-7-9-19(10-8-18)14-5-3-13(4-6-14)15(11-17)16(20)21/h3-6,12,15H,7-11,17H2,1-2H3,(H,20,21). The smallest absolute Gasteiger partial charge is 0.312 e. The lowest BCUT2D eigenvalue weighted by molar-refractivity contribution is -0.138. The van der Waals surface area contributed by atoms with Crippen molar-refractivity contribution < 1.29 is 9.90 Å². The van der Waals surface area contributed by atoms with Crippen molar-refractivity contribution in [3.05, 3.63) is 29.8 Å². The summed E-state index contributed by atoms with van der Waals surface area (Å²) < 4.78 is 0. The topological polar surface area (TPSA) is 69.8 Å². The van der Waals surface area contributed by atoms with Crippen LogP contribution in [0.4, 0.5) is 5.69 Å². The summed E-state index contributed by atoms with van der Waals surface area (Å²) in [7, 11) is 0. The van der Waals surface area contributed by atoms with Crippen LogP contribution in [0.1, 0.15) is 25.3 Å². The summed E-state index contributed by atoms with van der Waals surface area (Å²) in [6.45, 7) is 8.74. The average Bonchev–Trinajstić information content (AvgIpc) is 2.48. The summed E-state index contributed by atoms with van der Waals surface area (Å²) in [5.41, 5.74) is 7.46. The highest BCUT2D eigenvalue weighted by molar-refractivity contribution is 5.76. The first kappa shape index (κ1) is 15.8. The number of carboxylic acids is 1. The third-order valence-electron chi connectivity index (χ3n) is 4.24. The molecule has 0 bridgehead atoms. The molecule has 0 radical (unpaired) electrons. The van der Waals surface area contributed by atoms with Gasteiger partial charge < -0.3 is 15.7 Å². The number of aliphatic carboxylic acids is 1. The zero-order valence-electron chi connectivity index (χ0n) is 12.8. The number of hydrogen-bond donors (Lipinski definition) is 2. The van der Waals surface area contributed by atoms with Gasteiger partial charge in [0.2, 0.25) is 0 Å². The van der Waals surface area contributed by atoms with Crippen LogP contribution in [0.5, 0.6) is 0 Å². The minimum Gasteiger partial charge on any atom is -0.481 e. The van der Waals surface area contributed by atoms with Gasteiger partial charge in [0.15, 0.2) is 0 Å². The van der Waals surface area contributed by atoms with Crippen LogP contribution in [0, 0.1) is 0 Å². The molecule has 2 rings (SSSR count). The lowest BCUT2D eigenvalue weighted by atomic mass is 9.99. The first-order chi connectivity index (χ1) is 10.0. The van der Waals surface area contributed by atoms with Gasteiger partial charge in [0.1, 0.15) is 0 Å². The number of hydrogen-bond acceptors (Lipinski definition) is 4. The zero-order chi connectivity index (χ0) is 15.4. The van der Waals surface area contributed by atoms with E-state index >= 15 is 0 Å². The Bertz CT molecular complexity index is 465. The molecule has 0 saturated carbocycles. The number of carboxylic acid groups (broad SMARTS) is 1. The lowest BCUT2D eigenvalue weighted by Gasteiger charge is -2.38. The van der Waals surface area contributed by atoms with Gasteiger partial charge in [-0.3, -0.25) is 9.69 Å². The Morgan fingerprint density at radius 3 is 2.19 bits per heavy atom. The van der Waals surface area contributed by atoms with Crippen LogP contribution in [0.15, 0.2) is 24.3 Å². The molecule has 1 saturated heterocycles. The van der Waals surface area contributed by atoms with E-state index in [1.165, 1.54) is 0 Å². The second-order valence-electron chi connectivity index (χ2n) is 5.83. The van der Waals surface area contributed by atoms with E-state index in [4.69, 9.17) is 10.8 Å². The van der Waals surface area contributed by atoms with Crippen LogP contribution >= 0.6 is 0 Å². The highest BCUT2D eigenvalue weighted by atomic mass is 16.4. The number of piperazine rings is 1. The highest BCUT2D eigenvalue weighted by Crippen LogP contribution is 2.22. The van der Waals surface area contributed by atoms with Crippen molar-refractivity contribution in [3.63, 3.8) is 0 Å². The average molecular weight is 291 g/mol. The molecule has 1 aliphatic heterocycles. The van der Waals surface area contributed by atoms with Gasteiger partial charge in [-0.1, -0.05) is 12.1 Å². The van der Waals surface area contributed by atoms with Crippen molar-refractivity contribution in [1.29, 1.82) is 0 Å². The predicted octanol–water partition coefficient (Wildman–Crippen LogP) is 1.34. The SMILES string of the molecule is CC(C)N1CCN(c2ccc(C(CN)C(=O)O)cc2)CC1. The molecule has 116 valence electrons. The summed E-state index contributed by atoms with van der Waals surface area (Å²) in [4.78, 5) is 15.9. The Morgan fingerprint density at radius 2 is 1.76 bits per heavy atom. The van der Waals surface area contributed by atoms with E-state index in [0.29, 0.717) is 6.04 Å². The fourth-order valence-corrected chi connectivity index (χ4v) is 2.79. The third kappa shape index (κ3) is 3.74. The molecule has 1 unspecified atom stereocenters. The molecule has 1 aliphatic rings. The minimum atomic E-state index is -0.865. The van der Waals surface area contributed by atoms with Crippen molar-refractivity contribution in [2.75, 3.05) is 37.6 Å². The maximum absolute atomic E-state index is 11.1. The molecule has 5 nitrogen and oxygen atoms in total. The van der Waals surface area contributed by atoms with E-state index < -0.39 is 11.9 Å². The molecule has 1 atom stereocenters. The number of nitrogens with two attached hydrogens (primary N) is 1. The van der Waals surface area contributed by atoms with Crippen molar-refractivity contribution in [2.24, 2.45) is 5.73 Å². The van der Waals surface area contributed by atoms with Crippen molar-refractivity contribution in [1.82, 2.24) is 4.90 Å². The lowest BCUT2D eigenvalue weighted by Crippen LogP contribution is -2.48. The number of carbonyl (C=O) groups is 1. The summed E-state index contributed by atoms with van der Waals surface area (Å²) in [5, 5.41) is 9.13. The van der Waals surface area contributed by atoms with E-state index in [1.54, 1.807) is 0 Å². The molecule has 3 N–H and O–H groups in total. The summed E-state index contributed by atoms with van der Waals surface area (Å²) in [5.74, 6) is -1.48. The zero-order valence-corrected chi connectivity index (χ0v) is 12.8. The molecular formula is C16H25N3O2. The van der Waals surface area contributed by atoms with Crippen LogP contribution in [0.2, 0.25) is 0 Å². The number of nitrogens with zero attached hydrogens (tertiary/aromatic N) is 2. The molecule has 0 amide bonds. The first-order valence-electron chi connectivity index (χ1n) is 7.54. The normalized spacial score (nSPS) is 18.0. The molecule has 1 fully saturated rings. The number of rotatable bonds is 5. The first-order valence-corrected chi connectivity index (χ1v) is 7.54. The van der Waals surface area contributed by atoms with E-state index in [2.05, 4.69) is 23.6 Å². The molecular weight excluding hydrogens is 266 g/mol. The Morgan fingerprint density at radius 1 is 1.19 bits per heavy atom. The van der Waals surface area contributed by atoms with Gasteiger partial charge in [0.25, 0.3) is 0 Å². The van der Waals surface area contributed by atoms with Crippen LogP contribution in [0.3, 0.4) is 0 Å². The van der Waals surface area contributed by atoms with Crippen LogP contribution in [0.25, 0.3) is 0 Å². The van der Waals surface area contributed by atoms with E-state index in [0.717, 1.165) is 37.4 Å². The fraction of sp³-hybridized carbons (Fsp3) is 0.562. The largest absolute Gasteiger partial charge is 0.481 e.